The summed E-state index contributed by atoms with van der Waals surface area (Å²) < 4.78 is 2.76. The van der Waals surface area contributed by atoms with Crippen molar-refractivity contribution in [2.24, 2.45) is 0 Å². The van der Waals surface area contributed by atoms with Crippen LogP contribution in [0.1, 0.15) is 26.6 Å². The maximum absolute atomic E-state index is 9.40. The molecule has 0 fully saturated rings. The van der Waals surface area contributed by atoms with Crippen molar-refractivity contribution in [3.8, 4) is 5.75 Å². The second kappa shape index (κ2) is 3.23. The largest absolute Gasteiger partial charge is 0.508 e. The third-order valence-corrected chi connectivity index (χ3v) is 2.84. The first-order valence-electron chi connectivity index (χ1n) is 4.76. The van der Waals surface area contributed by atoms with Crippen molar-refractivity contribution in [2.75, 3.05) is 0 Å². The minimum atomic E-state index is -0.0219. The third-order valence-electron chi connectivity index (χ3n) is 2.25. The lowest BCUT2D eigenvalue weighted by Gasteiger charge is -2.16. The number of aromatic nitrogens is 2. The van der Waals surface area contributed by atoms with Gasteiger partial charge < -0.3 is 9.51 Å². The van der Waals surface area contributed by atoms with E-state index >= 15 is 0 Å². The van der Waals surface area contributed by atoms with Crippen molar-refractivity contribution in [1.29, 1.82) is 0 Å². The molecule has 2 rings (SSSR count). The summed E-state index contributed by atoms with van der Waals surface area (Å²) in [5.41, 5.74) is 0.867. The van der Waals surface area contributed by atoms with Crippen LogP contribution in [0.4, 0.5) is 0 Å². The lowest BCUT2D eigenvalue weighted by atomic mass is 9.96. The molecule has 2 aromatic heterocycles. The molecule has 0 spiro atoms. The summed E-state index contributed by atoms with van der Waals surface area (Å²) in [5, 5.41) is 9.40. The lowest BCUT2D eigenvalue weighted by Crippen LogP contribution is -2.15. The molecule has 0 saturated carbocycles. The Bertz CT molecular complexity index is 511. The highest BCUT2D eigenvalue weighted by Gasteiger charge is 2.21. The van der Waals surface area contributed by atoms with Gasteiger partial charge in [-0.25, -0.2) is 4.98 Å². The van der Waals surface area contributed by atoms with Crippen LogP contribution in [-0.4, -0.2) is 14.5 Å². The van der Waals surface area contributed by atoms with Gasteiger partial charge in [0.15, 0.2) is 0 Å². The van der Waals surface area contributed by atoms with E-state index in [9.17, 15) is 5.11 Å². The van der Waals surface area contributed by atoms with E-state index in [1.54, 1.807) is 12.1 Å². The van der Waals surface area contributed by atoms with Crippen LogP contribution in [0.5, 0.6) is 5.75 Å². The van der Waals surface area contributed by atoms with Crippen LogP contribution < -0.4 is 0 Å². The molecule has 2 aromatic rings. The first-order valence-corrected chi connectivity index (χ1v) is 5.56. The van der Waals surface area contributed by atoms with Gasteiger partial charge in [-0.15, -0.1) is 0 Å². The average molecular weight is 269 g/mol. The minimum absolute atomic E-state index is 0.0219. The summed E-state index contributed by atoms with van der Waals surface area (Å²) in [6.07, 6.45) is 1.84. The number of halogens is 1. The number of imidazole rings is 1. The summed E-state index contributed by atoms with van der Waals surface area (Å²) in [7, 11) is 0. The maximum atomic E-state index is 9.40. The molecule has 0 unspecified atom stereocenters. The number of rotatable bonds is 0. The number of aromatic hydroxyl groups is 1. The smallest absolute Gasteiger partial charge is 0.132 e. The van der Waals surface area contributed by atoms with Gasteiger partial charge in [-0.2, -0.15) is 0 Å². The summed E-state index contributed by atoms with van der Waals surface area (Å²) in [6, 6.07) is 3.36. The molecular formula is C11H13BrN2O. The number of hydrogen-bond acceptors (Lipinski definition) is 2. The van der Waals surface area contributed by atoms with Crippen LogP contribution in [0.3, 0.4) is 0 Å². The van der Waals surface area contributed by atoms with Gasteiger partial charge in [-0.1, -0.05) is 20.8 Å². The molecule has 3 nitrogen and oxygen atoms in total. The fraction of sp³-hybridized carbons (Fsp3) is 0.364. The Morgan fingerprint density at radius 2 is 2.07 bits per heavy atom. The van der Waals surface area contributed by atoms with Crippen molar-refractivity contribution in [1.82, 2.24) is 9.38 Å². The predicted octanol–water partition coefficient (Wildman–Crippen LogP) is 3.10. The second-order valence-corrected chi connectivity index (χ2v) is 5.37. The molecular weight excluding hydrogens is 256 g/mol. The van der Waals surface area contributed by atoms with Crippen molar-refractivity contribution in [3.63, 3.8) is 0 Å². The number of pyridine rings is 1. The molecule has 0 amide bonds. The van der Waals surface area contributed by atoms with Gasteiger partial charge in [0.05, 0.1) is 5.52 Å². The van der Waals surface area contributed by atoms with Crippen LogP contribution in [0.25, 0.3) is 5.52 Å². The monoisotopic (exact) mass is 268 g/mol. The van der Waals surface area contributed by atoms with E-state index in [0.29, 0.717) is 0 Å². The first kappa shape index (κ1) is 10.5. The summed E-state index contributed by atoms with van der Waals surface area (Å²) >= 11 is 3.40. The Balaban J connectivity index is 2.79. The van der Waals surface area contributed by atoms with Gasteiger partial charge in [-0.3, -0.25) is 0 Å². The fourth-order valence-electron chi connectivity index (χ4n) is 1.57. The summed E-state index contributed by atoms with van der Waals surface area (Å²) in [6.45, 7) is 6.34. The van der Waals surface area contributed by atoms with Crippen LogP contribution in [0.15, 0.2) is 22.9 Å². The van der Waals surface area contributed by atoms with E-state index in [2.05, 4.69) is 41.7 Å². The van der Waals surface area contributed by atoms with E-state index in [1.807, 2.05) is 10.6 Å². The quantitative estimate of drug-likeness (QED) is 0.798. The molecule has 1 N–H and O–H groups in total. The predicted molar refractivity (Wildman–Crippen MR) is 63.3 cm³/mol. The molecule has 80 valence electrons. The van der Waals surface area contributed by atoms with Gasteiger partial charge in [0, 0.05) is 17.7 Å². The zero-order valence-corrected chi connectivity index (χ0v) is 10.5. The fourth-order valence-corrected chi connectivity index (χ4v) is 2.04. The molecule has 15 heavy (non-hydrogen) atoms. The summed E-state index contributed by atoms with van der Waals surface area (Å²) in [5.74, 6) is 1.23. The maximum Gasteiger partial charge on any atom is 0.132 e. The molecule has 0 aliphatic rings. The van der Waals surface area contributed by atoms with Crippen molar-refractivity contribution >= 4 is 21.4 Å². The molecule has 0 aliphatic carbocycles. The molecule has 4 heteroatoms. The Morgan fingerprint density at radius 3 is 2.67 bits per heavy atom. The van der Waals surface area contributed by atoms with Crippen molar-refractivity contribution < 1.29 is 5.11 Å². The van der Waals surface area contributed by atoms with Crippen molar-refractivity contribution in [3.05, 3.63) is 28.8 Å². The SMILES string of the molecule is CC(C)(C)c1nc(Br)c2cc(O)ccn12. The number of nitrogens with zero attached hydrogens (tertiary/aromatic N) is 2. The summed E-state index contributed by atoms with van der Waals surface area (Å²) in [4.78, 5) is 4.47. The molecule has 0 saturated heterocycles. The zero-order valence-electron chi connectivity index (χ0n) is 8.95. The average Bonchev–Trinajstić information content (AvgIpc) is 2.43. The molecule has 0 bridgehead atoms. The Hall–Kier alpha value is -1.03. The highest BCUT2D eigenvalue weighted by atomic mass is 79.9. The van der Waals surface area contributed by atoms with Crippen LogP contribution in [0.2, 0.25) is 0 Å². The van der Waals surface area contributed by atoms with Gasteiger partial charge in [0.2, 0.25) is 0 Å². The minimum Gasteiger partial charge on any atom is -0.508 e. The normalized spacial score (nSPS) is 12.3. The highest BCUT2D eigenvalue weighted by Crippen LogP contribution is 2.28. The molecule has 0 aliphatic heterocycles. The second-order valence-electron chi connectivity index (χ2n) is 4.62. The standard InChI is InChI=1S/C11H13BrN2O/c1-11(2,3)10-13-9(12)8-6-7(15)4-5-14(8)10/h4-6,15H,1-3H3. The molecule has 2 heterocycles. The van der Waals surface area contributed by atoms with Crippen LogP contribution in [0, 0.1) is 0 Å². The Morgan fingerprint density at radius 1 is 1.40 bits per heavy atom. The molecule has 0 atom stereocenters. The van der Waals surface area contributed by atoms with E-state index in [1.165, 1.54) is 0 Å². The third kappa shape index (κ3) is 1.74. The van der Waals surface area contributed by atoms with Gasteiger partial charge in [-0.05, 0) is 22.0 Å². The van der Waals surface area contributed by atoms with E-state index in [4.69, 9.17) is 0 Å². The van der Waals surface area contributed by atoms with E-state index < -0.39 is 0 Å². The topological polar surface area (TPSA) is 37.5 Å². The molecule has 0 aromatic carbocycles. The lowest BCUT2D eigenvalue weighted by molar-refractivity contribution is 0.474. The molecule has 0 radical (unpaired) electrons. The number of hydrogen-bond donors (Lipinski definition) is 1. The zero-order chi connectivity index (χ0) is 11.2. The van der Waals surface area contributed by atoms with Gasteiger partial charge in [0.25, 0.3) is 0 Å². The van der Waals surface area contributed by atoms with Crippen molar-refractivity contribution in [2.45, 2.75) is 26.2 Å². The van der Waals surface area contributed by atoms with E-state index in [-0.39, 0.29) is 11.2 Å². The van der Waals surface area contributed by atoms with Gasteiger partial charge >= 0.3 is 0 Å². The van der Waals surface area contributed by atoms with Crippen LogP contribution >= 0.6 is 15.9 Å². The van der Waals surface area contributed by atoms with Crippen LogP contribution in [-0.2, 0) is 5.41 Å². The Kier molecular flexibility index (Phi) is 2.26. The van der Waals surface area contributed by atoms with E-state index in [0.717, 1.165) is 15.9 Å². The Labute approximate surface area is 96.9 Å². The van der Waals surface area contributed by atoms with Gasteiger partial charge in [0.1, 0.15) is 16.2 Å². The highest BCUT2D eigenvalue weighted by molar-refractivity contribution is 9.10. The number of fused-ring (bicyclic) bond motifs is 1. The first-order chi connectivity index (χ1) is 6.89.